The highest BCUT2D eigenvalue weighted by atomic mass is 79.9. The standard InChI is InChI=1S/C13H14BrNO3/c1-15-10-6-5-9(8-12(10)18-13(15)17)11(16)4-2-3-7-14/h5-6,8H,2-4,7H2,1H3. The number of benzene rings is 1. The molecule has 0 saturated heterocycles. The first-order valence-electron chi connectivity index (χ1n) is 5.82. The molecule has 2 aromatic rings. The Morgan fingerprint density at radius 2 is 2.17 bits per heavy atom. The second-order valence-electron chi connectivity index (χ2n) is 4.18. The van der Waals surface area contributed by atoms with Gasteiger partial charge in [-0.2, -0.15) is 0 Å². The van der Waals surface area contributed by atoms with Crippen molar-refractivity contribution in [1.29, 1.82) is 0 Å². The van der Waals surface area contributed by atoms with E-state index in [0.29, 0.717) is 23.1 Å². The van der Waals surface area contributed by atoms with E-state index in [9.17, 15) is 9.59 Å². The van der Waals surface area contributed by atoms with Crippen LogP contribution in [-0.2, 0) is 7.05 Å². The van der Waals surface area contributed by atoms with Crippen molar-refractivity contribution in [2.45, 2.75) is 19.3 Å². The third kappa shape index (κ3) is 2.56. The molecule has 2 rings (SSSR count). The van der Waals surface area contributed by atoms with Crippen LogP contribution < -0.4 is 5.76 Å². The number of halogens is 1. The molecular formula is C13H14BrNO3. The monoisotopic (exact) mass is 311 g/mol. The van der Waals surface area contributed by atoms with Crippen molar-refractivity contribution in [2.75, 3.05) is 5.33 Å². The number of alkyl halides is 1. The van der Waals surface area contributed by atoms with E-state index in [1.54, 1.807) is 25.2 Å². The van der Waals surface area contributed by atoms with Crippen molar-refractivity contribution in [3.8, 4) is 0 Å². The van der Waals surface area contributed by atoms with E-state index in [4.69, 9.17) is 4.42 Å². The van der Waals surface area contributed by atoms with E-state index < -0.39 is 5.76 Å². The molecule has 4 nitrogen and oxygen atoms in total. The molecule has 0 aliphatic rings. The summed E-state index contributed by atoms with van der Waals surface area (Å²) in [5.74, 6) is -0.321. The lowest BCUT2D eigenvalue weighted by atomic mass is 10.1. The van der Waals surface area contributed by atoms with Crippen LogP contribution in [0.25, 0.3) is 11.1 Å². The number of unbranched alkanes of at least 4 members (excludes halogenated alkanes) is 1. The zero-order valence-corrected chi connectivity index (χ0v) is 11.7. The van der Waals surface area contributed by atoms with Gasteiger partial charge in [0.2, 0.25) is 0 Å². The van der Waals surface area contributed by atoms with Gasteiger partial charge < -0.3 is 4.42 Å². The number of aryl methyl sites for hydroxylation is 1. The number of Topliss-reactive ketones (excluding diaryl/α,β-unsaturated/α-hetero) is 1. The van der Waals surface area contributed by atoms with Gasteiger partial charge in [-0.3, -0.25) is 9.36 Å². The zero-order chi connectivity index (χ0) is 13.1. The molecule has 0 fully saturated rings. The molecule has 0 saturated carbocycles. The number of aromatic nitrogens is 1. The van der Waals surface area contributed by atoms with Crippen LogP contribution in [0.2, 0.25) is 0 Å². The third-order valence-corrected chi connectivity index (χ3v) is 3.46. The minimum absolute atomic E-state index is 0.0874. The van der Waals surface area contributed by atoms with E-state index in [1.807, 2.05) is 0 Å². The molecule has 1 aromatic heterocycles. The summed E-state index contributed by atoms with van der Waals surface area (Å²) in [6.07, 6.45) is 2.36. The minimum Gasteiger partial charge on any atom is -0.408 e. The molecule has 1 heterocycles. The molecule has 18 heavy (non-hydrogen) atoms. The maximum Gasteiger partial charge on any atom is 0.419 e. The number of carbonyl (C=O) groups excluding carboxylic acids is 1. The van der Waals surface area contributed by atoms with E-state index in [0.717, 1.165) is 18.2 Å². The van der Waals surface area contributed by atoms with Gasteiger partial charge in [-0.1, -0.05) is 15.9 Å². The number of rotatable bonds is 5. The fourth-order valence-corrected chi connectivity index (χ4v) is 2.23. The summed E-state index contributed by atoms with van der Waals surface area (Å²) in [4.78, 5) is 23.2. The lowest BCUT2D eigenvalue weighted by Crippen LogP contribution is -2.08. The average molecular weight is 312 g/mol. The summed E-state index contributed by atoms with van der Waals surface area (Å²) in [5, 5.41) is 0.910. The summed E-state index contributed by atoms with van der Waals surface area (Å²) >= 11 is 3.34. The number of nitrogens with zero attached hydrogens (tertiary/aromatic N) is 1. The SMILES string of the molecule is Cn1c(=O)oc2cc(C(=O)CCCCBr)ccc21. The van der Waals surface area contributed by atoms with Gasteiger partial charge in [0.1, 0.15) is 0 Å². The van der Waals surface area contributed by atoms with Gasteiger partial charge >= 0.3 is 5.76 Å². The normalized spacial score (nSPS) is 11.0. The first-order chi connectivity index (χ1) is 8.63. The summed E-state index contributed by atoms with van der Waals surface area (Å²) in [7, 11) is 1.64. The zero-order valence-electron chi connectivity index (χ0n) is 10.1. The van der Waals surface area contributed by atoms with Gasteiger partial charge in [0, 0.05) is 24.4 Å². The van der Waals surface area contributed by atoms with Crippen LogP contribution in [0, 0.1) is 0 Å². The van der Waals surface area contributed by atoms with Crippen molar-refractivity contribution in [3.63, 3.8) is 0 Å². The van der Waals surface area contributed by atoms with Crippen molar-refractivity contribution in [2.24, 2.45) is 7.05 Å². The molecule has 0 aliphatic carbocycles. The molecular weight excluding hydrogens is 298 g/mol. The molecule has 0 radical (unpaired) electrons. The quantitative estimate of drug-likeness (QED) is 0.484. The Balaban J connectivity index is 2.24. The number of hydrogen-bond acceptors (Lipinski definition) is 3. The van der Waals surface area contributed by atoms with Gasteiger partial charge in [-0.25, -0.2) is 4.79 Å². The Hall–Kier alpha value is -1.36. The number of carbonyl (C=O) groups is 1. The van der Waals surface area contributed by atoms with E-state index in [1.165, 1.54) is 4.57 Å². The first kappa shape index (κ1) is 13.1. The molecule has 0 bridgehead atoms. The van der Waals surface area contributed by atoms with Crippen LogP contribution in [0.4, 0.5) is 0 Å². The first-order valence-corrected chi connectivity index (χ1v) is 6.94. The third-order valence-electron chi connectivity index (χ3n) is 2.90. The fraction of sp³-hybridized carbons (Fsp3) is 0.385. The highest BCUT2D eigenvalue weighted by Crippen LogP contribution is 2.16. The predicted octanol–water partition coefficient (Wildman–Crippen LogP) is 2.88. The minimum atomic E-state index is -0.408. The molecule has 0 N–H and O–H groups in total. The Kier molecular flexibility index (Phi) is 4.01. The van der Waals surface area contributed by atoms with Crippen LogP contribution in [0.1, 0.15) is 29.6 Å². The largest absolute Gasteiger partial charge is 0.419 e. The highest BCUT2D eigenvalue weighted by molar-refractivity contribution is 9.09. The molecule has 96 valence electrons. The summed E-state index contributed by atoms with van der Waals surface area (Å²) in [6.45, 7) is 0. The van der Waals surface area contributed by atoms with Crippen LogP contribution >= 0.6 is 15.9 Å². The molecule has 0 unspecified atom stereocenters. The second-order valence-corrected chi connectivity index (χ2v) is 4.97. The smallest absolute Gasteiger partial charge is 0.408 e. The molecule has 0 amide bonds. The summed E-state index contributed by atoms with van der Waals surface area (Å²) < 4.78 is 6.49. The number of oxazole rings is 1. The molecule has 1 aromatic carbocycles. The van der Waals surface area contributed by atoms with Crippen molar-refractivity contribution < 1.29 is 9.21 Å². The van der Waals surface area contributed by atoms with E-state index in [2.05, 4.69) is 15.9 Å². The van der Waals surface area contributed by atoms with Crippen molar-refractivity contribution in [3.05, 3.63) is 34.3 Å². The Bertz CT molecular complexity index is 627. The lowest BCUT2D eigenvalue weighted by Gasteiger charge is -2.00. The maximum atomic E-state index is 11.9. The summed E-state index contributed by atoms with van der Waals surface area (Å²) in [5.41, 5.74) is 1.78. The predicted molar refractivity (Wildman–Crippen MR) is 73.4 cm³/mol. The van der Waals surface area contributed by atoms with Gasteiger partial charge in [-0.15, -0.1) is 0 Å². The molecule has 0 aliphatic heterocycles. The topological polar surface area (TPSA) is 52.2 Å². The summed E-state index contributed by atoms with van der Waals surface area (Å²) in [6, 6.07) is 5.14. The van der Waals surface area contributed by atoms with E-state index in [-0.39, 0.29) is 5.78 Å². The average Bonchev–Trinajstić information content (AvgIpc) is 2.65. The Labute approximate surface area is 113 Å². The van der Waals surface area contributed by atoms with Gasteiger partial charge in [0.05, 0.1) is 5.52 Å². The van der Waals surface area contributed by atoms with Crippen molar-refractivity contribution >= 4 is 32.8 Å². The van der Waals surface area contributed by atoms with Gasteiger partial charge in [0.25, 0.3) is 0 Å². The number of hydrogen-bond donors (Lipinski definition) is 0. The Morgan fingerprint density at radius 1 is 1.39 bits per heavy atom. The lowest BCUT2D eigenvalue weighted by molar-refractivity contribution is 0.0980. The number of fused-ring (bicyclic) bond motifs is 1. The van der Waals surface area contributed by atoms with Crippen molar-refractivity contribution in [1.82, 2.24) is 4.57 Å². The van der Waals surface area contributed by atoms with E-state index >= 15 is 0 Å². The van der Waals surface area contributed by atoms with Gasteiger partial charge in [-0.05, 0) is 31.0 Å². The fourth-order valence-electron chi connectivity index (χ4n) is 1.83. The molecule has 0 spiro atoms. The number of ketones is 1. The second kappa shape index (κ2) is 5.52. The van der Waals surface area contributed by atoms with Gasteiger partial charge in [0.15, 0.2) is 11.4 Å². The Morgan fingerprint density at radius 3 is 2.89 bits per heavy atom. The van der Waals surface area contributed by atoms with Crippen LogP contribution in [0.15, 0.2) is 27.4 Å². The maximum absolute atomic E-state index is 11.9. The highest BCUT2D eigenvalue weighted by Gasteiger charge is 2.10. The van der Waals surface area contributed by atoms with Crippen LogP contribution in [-0.4, -0.2) is 15.7 Å². The van der Waals surface area contributed by atoms with Crippen LogP contribution in [0.5, 0.6) is 0 Å². The van der Waals surface area contributed by atoms with Crippen LogP contribution in [0.3, 0.4) is 0 Å². The molecule has 0 atom stereocenters. The molecule has 5 heteroatoms.